The van der Waals surface area contributed by atoms with E-state index in [1.807, 2.05) is 0 Å². The molecule has 0 radical (unpaired) electrons. The monoisotopic (exact) mass is 179 g/mol. The molecule has 2 saturated carbocycles. The standard InChI is InChI=1S/C11H17NO/c1-10(2)8-4-5-11(10,3)9(6-8)12-7-13/h8-9H,4-6H2,1-3H3. The predicted molar refractivity (Wildman–Crippen MR) is 51.1 cm³/mol. The zero-order chi connectivity index (χ0) is 9.69. The highest BCUT2D eigenvalue weighted by atomic mass is 16.1. The van der Waals surface area contributed by atoms with Gasteiger partial charge in [0.25, 0.3) is 0 Å². The first-order valence-electron chi connectivity index (χ1n) is 5.09. The minimum Gasteiger partial charge on any atom is -0.211 e. The fourth-order valence-electron chi connectivity index (χ4n) is 3.42. The lowest BCUT2D eigenvalue weighted by Crippen LogP contribution is -2.34. The molecule has 72 valence electrons. The number of fused-ring (bicyclic) bond motifs is 2. The molecule has 2 heteroatoms. The van der Waals surface area contributed by atoms with E-state index < -0.39 is 0 Å². The van der Waals surface area contributed by atoms with Crippen molar-refractivity contribution in [2.24, 2.45) is 21.7 Å². The van der Waals surface area contributed by atoms with Crippen LogP contribution in [0.25, 0.3) is 0 Å². The summed E-state index contributed by atoms with van der Waals surface area (Å²) in [7, 11) is 0. The van der Waals surface area contributed by atoms with Crippen LogP contribution in [0.15, 0.2) is 4.99 Å². The minimum atomic E-state index is 0.235. The Balaban J connectivity index is 2.38. The van der Waals surface area contributed by atoms with E-state index in [2.05, 4.69) is 25.8 Å². The van der Waals surface area contributed by atoms with Crippen molar-refractivity contribution in [3.63, 3.8) is 0 Å². The van der Waals surface area contributed by atoms with E-state index in [4.69, 9.17) is 0 Å². The molecular formula is C11H17NO. The summed E-state index contributed by atoms with van der Waals surface area (Å²) >= 11 is 0. The van der Waals surface area contributed by atoms with Gasteiger partial charge in [-0.25, -0.2) is 9.79 Å². The third-order valence-corrected chi connectivity index (χ3v) is 4.96. The van der Waals surface area contributed by atoms with Crippen molar-refractivity contribution in [3.8, 4) is 0 Å². The second kappa shape index (κ2) is 2.45. The van der Waals surface area contributed by atoms with Gasteiger partial charge in [0.2, 0.25) is 6.08 Å². The highest BCUT2D eigenvalue weighted by Gasteiger charge is 2.61. The molecule has 0 amide bonds. The van der Waals surface area contributed by atoms with Crippen molar-refractivity contribution in [2.75, 3.05) is 0 Å². The maximum atomic E-state index is 10.3. The molecule has 0 aromatic heterocycles. The van der Waals surface area contributed by atoms with Crippen LogP contribution < -0.4 is 0 Å². The summed E-state index contributed by atoms with van der Waals surface area (Å²) in [5.41, 5.74) is 0.604. The molecule has 13 heavy (non-hydrogen) atoms. The Morgan fingerprint density at radius 1 is 1.38 bits per heavy atom. The quantitative estimate of drug-likeness (QED) is 0.449. The van der Waals surface area contributed by atoms with E-state index in [1.165, 1.54) is 12.8 Å². The second-order valence-corrected chi connectivity index (χ2v) is 5.35. The van der Waals surface area contributed by atoms with Crippen LogP contribution in [0, 0.1) is 16.7 Å². The van der Waals surface area contributed by atoms with Gasteiger partial charge in [0.1, 0.15) is 0 Å². The van der Waals surface area contributed by atoms with Crippen molar-refractivity contribution in [1.82, 2.24) is 0 Å². The van der Waals surface area contributed by atoms with E-state index in [0.717, 1.165) is 12.3 Å². The third kappa shape index (κ3) is 0.899. The Morgan fingerprint density at radius 3 is 2.46 bits per heavy atom. The zero-order valence-electron chi connectivity index (χ0n) is 8.63. The van der Waals surface area contributed by atoms with Crippen molar-refractivity contribution in [3.05, 3.63) is 0 Å². The summed E-state index contributed by atoms with van der Waals surface area (Å²) in [5.74, 6) is 0.764. The van der Waals surface area contributed by atoms with Gasteiger partial charge in [0.05, 0.1) is 6.04 Å². The summed E-state index contributed by atoms with van der Waals surface area (Å²) < 4.78 is 0. The molecule has 2 fully saturated rings. The number of hydrogen-bond donors (Lipinski definition) is 0. The van der Waals surface area contributed by atoms with Crippen molar-refractivity contribution >= 4 is 6.08 Å². The van der Waals surface area contributed by atoms with Crippen molar-refractivity contribution < 1.29 is 4.79 Å². The molecule has 0 spiro atoms. The maximum absolute atomic E-state index is 10.3. The average Bonchev–Trinajstić information content (AvgIpc) is 2.37. The molecule has 3 atom stereocenters. The maximum Gasteiger partial charge on any atom is 0.235 e. The first kappa shape index (κ1) is 8.96. The summed E-state index contributed by atoms with van der Waals surface area (Å²) in [6.45, 7) is 6.93. The number of nitrogens with zero attached hydrogens (tertiary/aromatic N) is 1. The fourth-order valence-corrected chi connectivity index (χ4v) is 3.42. The smallest absolute Gasteiger partial charge is 0.211 e. The Hall–Kier alpha value is -0.620. The molecule has 0 aromatic rings. The molecule has 2 nitrogen and oxygen atoms in total. The Morgan fingerprint density at radius 2 is 2.08 bits per heavy atom. The van der Waals surface area contributed by atoms with Gasteiger partial charge in [-0.15, -0.1) is 0 Å². The van der Waals surface area contributed by atoms with Crippen molar-refractivity contribution in [2.45, 2.75) is 46.1 Å². The summed E-state index contributed by atoms with van der Waals surface area (Å²) in [6.07, 6.45) is 5.37. The normalized spacial score (nSPS) is 46.1. The summed E-state index contributed by atoms with van der Waals surface area (Å²) in [4.78, 5) is 14.3. The van der Waals surface area contributed by atoms with E-state index in [-0.39, 0.29) is 11.5 Å². The number of rotatable bonds is 1. The third-order valence-electron chi connectivity index (χ3n) is 4.96. The molecule has 2 bridgehead atoms. The van der Waals surface area contributed by atoms with Crippen LogP contribution in [-0.4, -0.2) is 12.1 Å². The van der Waals surface area contributed by atoms with E-state index in [0.29, 0.717) is 5.41 Å². The minimum absolute atomic E-state index is 0.235. The number of carbonyl (C=O) groups excluding carboxylic acids is 1. The lowest BCUT2D eigenvalue weighted by molar-refractivity contribution is 0.137. The van der Waals surface area contributed by atoms with Gasteiger partial charge in [0.15, 0.2) is 0 Å². The first-order valence-corrected chi connectivity index (χ1v) is 5.09. The first-order chi connectivity index (χ1) is 6.02. The molecule has 0 N–H and O–H groups in total. The van der Waals surface area contributed by atoms with Gasteiger partial charge < -0.3 is 0 Å². The van der Waals surface area contributed by atoms with Crippen LogP contribution in [0.1, 0.15) is 40.0 Å². The van der Waals surface area contributed by atoms with Crippen LogP contribution in [0.5, 0.6) is 0 Å². The van der Waals surface area contributed by atoms with E-state index >= 15 is 0 Å². The lowest BCUT2D eigenvalue weighted by Gasteiger charge is -2.36. The molecule has 0 heterocycles. The zero-order valence-corrected chi connectivity index (χ0v) is 8.63. The van der Waals surface area contributed by atoms with Gasteiger partial charge in [0, 0.05) is 0 Å². The highest BCUT2D eigenvalue weighted by molar-refractivity contribution is 5.35. The fraction of sp³-hybridized carbons (Fsp3) is 0.909. The van der Waals surface area contributed by atoms with Crippen LogP contribution >= 0.6 is 0 Å². The molecule has 0 aromatic carbocycles. The van der Waals surface area contributed by atoms with Crippen LogP contribution in [0.2, 0.25) is 0 Å². The summed E-state index contributed by atoms with van der Waals surface area (Å²) in [5, 5.41) is 0. The molecule has 3 unspecified atom stereocenters. The van der Waals surface area contributed by atoms with Gasteiger partial charge in [-0.1, -0.05) is 20.8 Å². The second-order valence-electron chi connectivity index (χ2n) is 5.35. The topological polar surface area (TPSA) is 29.4 Å². The summed E-state index contributed by atoms with van der Waals surface area (Å²) in [6, 6.07) is 0.235. The SMILES string of the molecule is CC1(C)C2CCC1(C)C(N=C=O)C2. The lowest BCUT2D eigenvalue weighted by atomic mass is 9.69. The van der Waals surface area contributed by atoms with Crippen LogP contribution in [0.4, 0.5) is 0 Å². The number of hydrogen-bond acceptors (Lipinski definition) is 2. The van der Waals surface area contributed by atoms with Crippen molar-refractivity contribution in [1.29, 1.82) is 0 Å². The van der Waals surface area contributed by atoms with E-state index in [9.17, 15) is 4.79 Å². The molecule has 0 saturated heterocycles. The number of isocyanates is 1. The largest absolute Gasteiger partial charge is 0.235 e. The van der Waals surface area contributed by atoms with Crippen LogP contribution in [-0.2, 0) is 4.79 Å². The molecular weight excluding hydrogens is 162 g/mol. The van der Waals surface area contributed by atoms with Gasteiger partial charge in [-0.3, -0.25) is 0 Å². The Bertz CT molecular complexity index is 278. The van der Waals surface area contributed by atoms with Gasteiger partial charge >= 0.3 is 0 Å². The van der Waals surface area contributed by atoms with Gasteiger partial charge in [-0.2, -0.15) is 0 Å². The molecule has 2 rings (SSSR count). The predicted octanol–water partition coefficient (Wildman–Crippen LogP) is 2.54. The molecule has 2 aliphatic carbocycles. The van der Waals surface area contributed by atoms with Gasteiger partial charge in [-0.05, 0) is 36.0 Å². The number of aliphatic imine (C=N–C) groups is 1. The average molecular weight is 179 g/mol. The van der Waals surface area contributed by atoms with Crippen LogP contribution in [0.3, 0.4) is 0 Å². The molecule has 0 aliphatic heterocycles. The molecule has 2 aliphatic rings. The van der Waals surface area contributed by atoms with E-state index in [1.54, 1.807) is 6.08 Å². The Labute approximate surface area is 79.4 Å². The highest BCUT2D eigenvalue weighted by Crippen LogP contribution is 2.66. The Kier molecular flexibility index (Phi) is 1.69.